The smallest absolute Gasteiger partial charge is 0.334 e. The van der Waals surface area contributed by atoms with Crippen LogP contribution in [0.1, 0.15) is 52.9 Å². The van der Waals surface area contributed by atoms with Crippen molar-refractivity contribution in [2.75, 3.05) is 6.61 Å². The second-order valence-electron chi connectivity index (χ2n) is 6.48. The number of hydrogen-bond donors (Lipinski definition) is 0. The summed E-state index contributed by atoms with van der Waals surface area (Å²) in [7, 11) is 0. The van der Waals surface area contributed by atoms with Crippen molar-refractivity contribution in [1.82, 2.24) is 0 Å². The second-order valence-corrected chi connectivity index (χ2v) is 6.48. The predicted molar refractivity (Wildman–Crippen MR) is 75.0 cm³/mol. The highest BCUT2D eigenvalue weighted by molar-refractivity contribution is 5.87. The van der Waals surface area contributed by atoms with Gasteiger partial charge in [0, 0.05) is 12.8 Å². The lowest BCUT2D eigenvalue weighted by Crippen LogP contribution is -2.39. The number of hydrogen-bond acceptors (Lipinski definition) is 4. The van der Waals surface area contributed by atoms with Crippen molar-refractivity contribution in [3.8, 4) is 0 Å². The van der Waals surface area contributed by atoms with E-state index >= 15 is 0 Å². The molecule has 0 spiro atoms. The van der Waals surface area contributed by atoms with Gasteiger partial charge in [0.15, 0.2) is 0 Å². The summed E-state index contributed by atoms with van der Waals surface area (Å²) < 4.78 is 10.9. The van der Waals surface area contributed by atoms with Crippen LogP contribution in [0.5, 0.6) is 0 Å². The van der Waals surface area contributed by atoms with Gasteiger partial charge < -0.3 is 9.47 Å². The predicted octanol–water partition coefficient (Wildman–Crippen LogP) is 3.01. The summed E-state index contributed by atoms with van der Waals surface area (Å²) in [4.78, 5) is 23.8. The minimum atomic E-state index is -0.442. The molecular weight excluding hydrogens is 256 g/mol. The first-order valence-electron chi connectivity index (χ1n) is 7.49. The molecule has 1 heterocycles. The van der Waals surface area contributed by atoms with Crippen molar-refractivity contribution in [3.63, 3.8) is 0 Å². The topological polar surface area (TPSA) is 52.6 Å². The lowest BCUT2D eigenvalue weighted by molar-refractivity contribution is -0.138. The summed E-state index contributed by atoms with van der Waals surface area (Å²) in [6.45, 7) is 6.55. The summed E-state index contributed by atoms with van der Waals surface area (Å²) in [5.41, 5.74) is -0.442. The molecule has 2 rings (SSSR count). The van der Waals surface area contributed by atoms with Crippen molar-refractivity contribution in [2.24, 2.45) is 11.3 Å². The summed E-state index contributed by atoms with van der Waals surface area (Å²) in [6, 6.07) is 0. The molecule has 1 saturated carbocycles. The van der Waals surface area contributed by atoms with E-state index in [-0.39, 0.29) is 17.9 Å². The molecule has 2 aliphatic rings. The first-order chi connectivity index (χ1) is 9.41. The van der Waals surface area contributed by atoms with Crippen LogP contribution in [-0.2, 0) is 19.1 Å². The molecular formula is C16H24O4. The fourth-order valence-corrected chi connectivity index (χ4v) is 2.87. The van der Waals surface area contributed by atoms with Crippen molar-refractivity contribution >= 4 is 11.8 Å². The van der Waals surface area contributed by atoms with Gasteiger partial charge in [0.25, 0.3) is 0 Å². The van der Waals surface area contributed by atoms with Gasteiger partial charge >= 0.3 is 5.97 Å². The molecule has 0 N–H and O–H groups in total. The van der Waals surface area contributed by atoms with Gasteiger partial charge in [-0.05, 0) is 32.1 Å². The third-order valence-electron chi connectivity index (χ3n) is 4.27. The SMILES string of the molecule is CC(C)CCOC(=O)/C=C1\C[C@]2(C)C(=O)CCC[C@@H]2O1. The van der Waals surface area contributed by atoms with Gasteiger partial charge in [-0.3, -0.25) is 4.79 Å². The van der Waals surface area contributed by atoms with Crippen LogP contribution in [0.3, 0.4) is 0 Å². The van der Waals surface area contributed by atoms with E-state index in [0.717, 1.165) is 19.3 Å². The van der Waals surface area contributed by atoms with E-state index < -0.39 is 5.41 Å². The average Bonchev–Trinajstić information content (AvgIpc) is 2.67. The monoisotopic (exact) mass is 280 g/mol. The molecule has 0 unspecified atom stereocenters. The van der Waals surface area contributed by atoms with E-state index in [2.05, 4.69) is 13.8 Å². The van der Waals surface area contributed by atoms with E-state index in [1.165, 1.54) is 6.08 Å². The minimum absolute atomic E-state index is 0.0709. The Morgan fingerprint density at radius 3 is 2.95 bits per heavy atom. The highest BCUT2D eigenvalue weighted by atomic mass is 16.5. The molecule has 0 aromatic heterocycles. The fraction of sp³-hybridized carbons (Fsp3) is 0.750. The number of fused-ring (bicyclic) bond motifs is 1. The second kappa shape index (κ2) is 5.98. The first kappa shape index (κ1) is 15.1. The van der Waals surface area contributed by atoms with Gasteiger partial charge in [0.2, 0.25) is 0 Å². The van der Waals surface area contributed by atoms with Gasteiger partial charge in [0.1, 0.15) is 17.6 Å². The van der Waals surface area contributed by atoms with Crippen LogP contribution in [0.4, 0.5) is 0 Å². The lowest BCUT2D eigenvalue weighted by atomic mass is 9.71. The molecule has 0 bridgehead atoms. The Bertz CT molecular complexity index is 424. The largest absolute Gasteiger partial charge is 0.493 e. The van der Waals surface area contributed by atoms with Crippen LogP contribution < -0.4 is 0 Å². The molecule has 1 saturated heterocycles. The van der Waals surface area contributed by atoms with Crippen LogP contribution >= 0.6 is 0 Å². The zero-order valence-corrected chi connectivity index (χ0v) is 12.6. The highest BCUT2D eigenvalue weighted by Gasteiger charge is 2.50. The Balaban J connectivity index is 1.92. The first-order valence-corrected chi connectivity index (χ1v) is 7.49. The van der Waals surface area contributed by atoms with Crippen molar-refractivity contribution in [3.05, 3.63) is 11.8 Å². The number of carbonyl (C=O) groups is 2. The number of esters is 1. The summed E-state index contributed by atoms with van der Waals surface area (Å²) >= 11 is 0. The molecule has 0 radical (unpaired) electrons. The minimum Gasteiger partial charge on any atom is -0.493 e. The molecule has 112 valence electrons. The Kier molecular flexibility index (Phi) is 4.51. The third kappa shape index (κ3) is 3.22. The van der Waals surface area contributed by atoms with Crippen LogP contribution in [0, 0.1) is 11.3 Å². The van der Waals surface area contributed by atoms with Gasteiger partial charge in [-0.1, -0.05) is 13.8 Å². The van der Waals surface area contributed by atoms with Crippen LogP contribution in [0.15, 0.2) is 11.8 Å². The van der Waals surface area contributed by atoms with Crippen molar-refractivity contribution in [2.45, 2.75) is 59.0 Å². The fourth-order valence-electron chi connectivity index (χ4n) is 2.87. The van der Waals surface area contributed by atoms with Gasteiger partial charge in [-0.15, -0.1) is 0 Å². The van der Waals surface area contributed by atoms with Gasteiger partial charge in [-0.25, -0.2) is 4.79 Å². The quantitative estimate of drug-likeness (QED) is 0.587. The average molecular weight is 280 g/mol. The molecule has 2 atom stereocenters. The van der Waals surface area contributed by atoms with E-state index in [1.54, 1.807) is 0 Å². The molecule has 0 aromatic carbocycles. The van der Waals surface area contributed by atoms with Gasteiger partial charge in [0.05, 0.1) is 18.1 Å². The summed E-state index contributed by atoms with van der Waals surface area (Å²) in [6.07, 6.45) is 5.12. The number of ether oxygens (including phenoxy) is 2. The molecule has 4 nitrogen and oxygen atoms in total. The molecule has 2 fully saturated rings. The maximum Gasteiger partial charge on any atom is 0.334 e. The Labute approximate surface area is 120 Å². The Hall–Kier alpha value is -1.32. The maximum atomic E-state index is 12.1. The van der Waals surface area contributed by atoms with E-state index in [0.29, 0.717) is 31.1 Å². The van der Waals surface area contributed by atoms with Crippen molar-refractivity contribution < 1.29 is 19.1 Å². The van der Waals surface area contributed by atoms with E-state index in [9.17, 15) is 9.59 Å². The van der Waals surface area contributed by atoms with Gasteiger partial charge in [-0.2, -0.15) is 0 Å². The number of Topliss-reactive ketones (excluding diaryl/α,β-unsaturated/α-hetero) is 1. The number of rotatable bonds is 4. The Morgan fingerprint density at radius 2 is 2.30 bits per heavy atom. The summed E-state index contributed by atoms with van der Waals surface area (Å²) in [5.74, 6) is 1.00. The van der Waals surface area contributed by atoms with E-state index in [1.807, 2.05) is 6.92 Å². The third-order valence-corrected chi connectivity index (χ3v) is 4.27. The standard InChI is InChI=1S/C16H24O4/c1-11(2)7-8-19-15(18)9-12-10-16(3)13(17)5-4-6-14(16)20-12/h9,11,14H,4-8,10H2,1-3H3/b12-9+/t14-,16+/m0/s1. The normalized spacial score (nSPS) is 31.3. The van der Waals surface area contributed by atoms with Crippen LogP contribution in [0.2, 0.25) is 0 Å². The molecule has 20 heavy (non-hydrogen) atoms. The van der Waals surface area contributed by atoms with Crippen molar-refractivity contribution in [1.29, 1.82) is 0 Å². The summed E-state index contributed by atoms with van der Waals surface area (Å²) in [5, 5.41) is 0. The number of carbonyl (C=O) groups excluding carboxylic acids is 2. The molecule has 1 aliphatic carbocycles. The lowest BCUT2D eigenvalue weighted by Gasteiger charge is -2.31. The number of allylic oxidation sites excluding steroid dienone is 1. The molecule has 4 heteroatoms. The maximum absolute atomic E-state index is 12.1. The zero-order valence-electron chi connectivity index (χ0n) is 12.6. The Morgan fingerprint density at radius 1 is 1.55 bits per heavy atom. The number of ketones is 1. The highest BCUT2D eigenvalue weighted by Crippen LogP contribution is 2.46. The molecule has 0 amide bonds. The van der Waals surface area contributed by atoms with E-state index in [4.69, 9.17) is 9.47 Å². The van der Waals surface area contributed by atoms with Crippen LogP contribution in [0.25, 0.3) is 0 Å². The zero-order chi connectivity index (χ0) is 14.8. The molecule has 0 aromatic rings. The molecule has 1 aliphatic heterocycles. The van der Waals surface area contributed by atoms with Crippen LogP contribution in [-0.4, -0.2) is 24.5 Å².